The summed E-state index contributed by atoms with van der Waals surface area (Å²) in [5.74, 6) is 0. The Morgan fingerprint density at radius 1 is 0.842 bits per heavy atom. The summed E-state index contributed by atoms with van der Waals surface area (Å²) in [5, 5.41) is 10.5. The van der Waals surface area contributed by atoms with Crippen molar-refractivity contribution in [2.24, 2.45) is 20.8 Å². The normalized spacial score (nSPS) is 12.5. The predicted octanol–water partition coefficient (Wildman–Crippen LogP) is 3.72. The van der Waals surface area contributed by atoms with Gasteiger partial charge in [0, 0.05) is 41.5 Å². The highest BCUT2D eigenvalue weighted by Gasteiger charge is 2.28. The van der Waals surface area contributed by atoms with E-state index < -0.39 is 0 Å². The molecule has 0 saturated heterocycles. The van der Waals surface area contributed by atoms with Gasteiger partial charge in [-0.3, -0.25) is 0 Å². The molecule has 104 valence electrons. The number of rotatable bonds is 11. The van der Waals surface area contributed by atoms with E-state index in [1.165, 1.54) is 0 Å². The second-order valence-corrected chi connectivity index (χ2v) is 4.05. The first-order chi connectivity index (χ1) is 9.24. The largest absolute Gasteiger partial charge is 0.384 e. The van der Waals surface area contributed by atoms with Gasteiger partial charge in [0.1, 0.15) is 0 Å². The van der Waals surface area contributed by atoms with Crippen molar-refractivity contribution >= 4 is 0 Å². The molecule has 0 radical (unpaired) electrons. The van der Waals surface area contributed by atoms with Crippen molar-refractivity contribution in [1.29, 1.82) is 0 Å². The van der Waals surface area contributed by atoms with Gasteiger partial charge in [-0.05, 0) is 41.3 Å². The topological polar surface area (TPSA) is 156 Å². The van der Waals surface area contributed by atoms with E-state index in [0.29, 0.717) is 45.5 Å². The van der Waals surface area contributed by atoms with E-state index in [0.717, 1.165) is 0 Å². The van der Waals surface area contributed by atoms with E-state index in [2.05, 4.69) is 30.1 Å². The lowest BCUT2D eigenvalue weighted by Crippen LogP contribution is -2.29. The molecule has 0 heterocycles. The Morgan fingerprint density at radius 2 is 1.21 bits per heavy atom. The molecule has 0 unspecified atom stereocenters. The van der Waals surface area contributed by atoms with Gasteiger partial charge in [0.2, 0.25) is 0 Å². The molecule has 0 saturated carbocycles. The Bertz CT molecular complexity index is 335. The van der Waals surface area contributed by atoms with Crippen molar-refractivity contribution in [3.8, 4) is 0 Å². The molecule has 0 spiro atoms. The maximum Gasteiger partial charge on any atom is 0.0518 e. The quantitative estimate of drug-likeness (QED) is 0.312. The third-order valence-corrected chi connectivity index (χ3v) is 2.87. The Morgan fingerprint density at radius 3 is 1.47 bits per heavy atom. The van der Waals surface area contributed by atoms with Gasteiger partial charge < -0.3 is 4.74 Å². The van der Waals surface area contributed by atoms with E-state index in [-0.39, 0.29) is 5.41 Å². The van der Waals surface area contributed by atoms with Gasteiger partial charge in [-0.15, -0.1) is 0 Å². The minimum absolute atomic E-state index is 0.314. The summed E-state index contributed by atoms with van der Waals surface area (Å²) in [6.07, 6.45) is 1.77. The molecule has 19 heavy (non-hydrogen) atoms. The van der Waals surface area contributed by atoms with Crippen LogP contribution in [0.2, 0.25) is 0 Å². The number of ether oxygens (including phenoxy) is 1. The van der Waals surface area contributed by atoms with Crippen LogP contribution in [0.4, 0.5) is 0 Å². The predicted molar refractivity (Wildman–Crippen MR) is 70.2 cm³/mol. The second kappa shape index (κ2) is 11.0. The average Bonchev–Trinajstić information content (AvgIpc) is 2.40. The van der Waals surface area contributed by atoms with Crippen LogP contribution in [0.3, 0.4) is 0 Å². The van der Waals surface area contributed by atoms with Crippen LogP contribution >= 0.6 is 0 Å². The van der Waals surface area contributed by atoms with Gasteiger partial charge in [-0.25, -0.2) is 0 Å². The smallest absolute Gasteiger partial charge is 0.0518 e. The van der Waals surface area contributed by atoms with Gasteiger partial charge >= 0.3 is 0 Å². The summed E-state index contributed by atoms with van der Waals surface area (Å²) in [6, 6.07) is 0. The first-order valence-electron chi connectivity index (χ1n) is 5.76. The van der Waals surface area contributed by atoms with Crippen molar-refractivity contribution in [3.63, 3.8) is 0 Å². The summed E-state index contributed by atoms with van der Waals surface area (Å²) >= 11 is 0. The summed E-state index contributed by atoms with van der Waals surface area (Å²) < 4.78 is 5.20. The van der Waals surface area contributed by atoms with Gasteiger partial charge in [0.05, 0.1) is 6.61 Å². The summed E-state index contributed by atoms with van der Waals surface area (Å²) in [6.45, 7) is 1.40. The number of hydrogen-bond acceptors (Lipinski definition) is 4. The zero-order valence-electron chi connectivity index (χ0n) is 10.9. The van der Waals surface area contributed by atoms with Crippen LogP contribution in [0.15, 0.2) is 15.3 Å². The lowest BCUT2D eigenvalue weighted by Gasteiger charge is -2.32. The molecule has 0 N–H and O–H groups in total. The molecule has 0 bridgehead atoms. The molecule has 0 amide bonds. The van der Waals surface area contributed by atoms with Crippen LogP contribution in [0.5, 0.6) is 0 Å². The van der Waals surface area contributed by atoms with Crippen molar-refractivity contribution in [2.45, 2.75) is 19.3 Å². The molecule has 0 aliphatic carbocycles. The first-order valence-corrected chi connectivity index (χ1v) is 5.76. The fourth-order valence-corrected chi connectivity index (χ4v) is 1.89. The van der Waals surface area contributed by atoms with Crippen LogP contribution in [0.1, 0.15) is 19.3 Å². The zero-order valence-corrected chi connectivity index (χ0v) is 10.9. The van der Waals surface area contributed by atoms with E-state index in [4.69, 9.17) is 21.3 Å². The Hall–Kier alpha value is -2.11. The molecule has 0 aliphatic heterocycles. The Kier molecular flexibility index (Phi) is 9.79. The van der Waals surface area contributed by atoms with Crippen molar-refractivity contribution in [2.75, 3.05) is 33.4 Å². The van der Waals surface area contributed by atoms with Gasteiger partial charge in [0.15, 0.2) is 0 Å². The molecule has 0 aromatic rings. The molecule has 0 rings (SSSR count). The van der Waals surface area contributed by atoms with Gasteiger partial charge in [-0.1, -0.05) is 15.3 Å². The van der Waals surface area contributed by atoms with Crippen LogP contribution in [-0.2, 0) is 4.74 Å². The maximum atomic E-state index is 8.32. The van der Waals surface area contributed by atoms with Crippen LogP contribution in [-0.4, -0.2) is 33.4 Å². The van der Waals surface area contributed by atoms with E-state index in [9.17, 15) is 0 Å². The second-order valence-electron chi connectivity index (χ2n) is 4.05. The number of hydrogen-bond donors (Lipinski definition) is 0. The molecule has 0 atom stereocenters. The molecule has 0 aromatic carbocycles. The fraction of sp³-hybridized carbons (Fsp3) is 1.00. The number of nitrogens with zero attached hydrogens (tertiary/aromatic N) is 9. The van der Waals surface area contributed by atoms with Crippen LogP contribution in [0, 0.1) is 5.41 Å². The van der Waals surface area contributed by atoms with Crippen LogP contribution in [0.25, 0.3) is 31.3 Å². The SMILES string of the molecule is COCC(CCN=[N+]=[N-])(CCN=[N+]=[N-])CCN=[N+]=[N-]. The highest BCUT2D eigenvalue weighted by Crippen LogP contribution is 2.32. The van der Waals surface area contributed by atoms with E-state index >= 15 is 0 Å². The summed E-state index contributed by atoms with van der Waals surface area (Å²) in [4.78, 5) is 8.14. The van der Waals surface area contributed by atoms with Gasteiger partial charge in [-0.2, -0.15) is 0 Å². The molecule has 10 nitrogen and oxygen atoms in total. The molecule has 0 aromatic heterocycles. The maximum absolute atomic E-state index is 8.32. The molecular weight excluding hydrogens is 250 g/mol. The van der Waals surface area contributed by atoms with E-state index in [1.807, 2.05) is 0 Å². The third kappa shape index (κ3) is 7.75. The highest BCUT2D eigenvalue weighted by molar-refractivity contribution is 4.82. The first kappa shape index (κ1) is 16.9. The summed E-state index contributed by atoms with van der Waals surface area (Å²) in [5.41, 5.74) is 24.6. The molecule has 10 heteroatoms. The number of azide groups is 3. The average molecular weight is 267 g/mol. The van der Waals surface area contributed by atoms with Crippen molar-refractivity contribution in [3.05, 3.63) is 31.3 Å². The van der Waals surface area contributed by atoms with Crippen LogP contribution < -0.4 is 0 Å². The zero-order chi connectivity index (χ0) is 14.4. The van der Waals surface area contributed by atoms with Crippen molar-refractivity contribution in [1.82, 2.24) is 0 Å². The monoisotopic (exact) mass is 267 g/mol. The van der Waals surface area contributed by atoms with E-state index in [1.54, 1.807) is 7.11 Å². The minimum atomic E-state index is -0.314. The highest BCUT2D eigenvalue weighted by atomic mass is 16.5. The Balaban J connectivity index is 4.77. The number of methoxy groups -OCH3 is 1. The fourth-order valence-electron chi connectivity index (χ4n) is 1.89. The lowest BCUT2D eigenvalue weighted by atomic mass is 9.78. The molecular formula is C9H17N9O. The standard InChI is InChI=1S/C9H17N9O/c1-19-8-9(2-5-13-16-10,3-6-14-17-11)4-7-15-18-12/h2-8H2,1H3. The molecule has 0 aliphatic rings. The van der Waals surface area contributed by atoms with Gasteiger partial charge in [0.25, 0.3) is 0 Å². The molecule has 0 fully saturated rings. The Labute approximate surface area is 110 Å². The minimum Gasteiger partial charge on any atom is -0.384 e. The van der Waals surface area contributed by atoms with Crippen molar-refractivity contribution < 1.29 is 4.74 Å². The lowest BCUT2D eigenvalue weighted by molar-refractivity contribution is 0.0633. The third-order valence-electron chi connectivity index (χ3n) is 2.87. The summed E-state index contributed by atoms with van der Waals surface area (Å²) in [7, 11) is 1.57.